The summed E-state index contributed by atoms with van der Waals surface area (Å²) in [4.78, 5) is 0. The van der Waals surface area contributed by atoms with Crippen molar-refractivity contribution < 1.29 is 4.74 Å². The van der Waals surface area contributed by atoms with Crippen LogP contribution in [0.5, 0.6) is 11.5 Å². The summed E-state index contributed by atoms with van der Waals surface area (Å²) in [6.07, 6.45) is 1.03. The molecule has 0 amide bonds. The van der Waals surface area contributed by atoms with Gasteiger partial charge in [-0.2, -0.15) is 0 Å². The van der Waals surface area contributed by atoms with E-state index in [1.54, 1.807) is 0 Å². The maximum absolute atomic E-state index is 5.69. The van der Waals surface area contributed by atoms with Crippen molar-refractivity contribution in [1.82, 2.24) is 0 Å². The summed E-state index contributed by atoms with van der Waals surface area (Å²) in [5, 5.41) is 0. The average Bonchev–Trinajstić information content (AvgIpc) is 3.34. The fraction of sp³-hybridized carbons (Fsp3) is 0.206. The number of aryl methyl sites for hydroxylation is 10. The Hall–Kier alpha value is -7.22. The highest BCUT2D eigenvalue weighted by molar-refractivity contribution is 5.63. The predicted octanol–water partition coefficient (Wildman–Crippen LogP) is 18.9. The van der Waals surface area contributed by atoms with Crippen LogP contribution in [-0.4, -0.2) is 0 Å². The van der Waals surface area contributed by atoms with Crippen molar-refractivity contribution in [2.75, 3.05) is 0 Å². The first-order valence-corrected chi connectivity index (χ1v) is 24.3. The van der Waals surface area contributed by atoms with Gasteiger partial charge in [0.25, 0.3) is 0 Å². The second-order valence-electron chi connectivity index (χ2n) is 19.1. The minimum atomic E-state index is 0.0708. The third-order valence-electron chi connectivity index (χ3n) is 12.1. The highest BCUT2D eigenvalue weighted by Crippen LogP contribution is 2.31. The average molecular weight is 907 g/mol. The van der Waals surface area contributed by atoms with Gasteiger partial charge in [-0.25, -0.2) is 0 Å². The maximum Gasteiger partial charge on any atom is 0.127 e. The van der Waals surface area contributed by atoms with Crippen molar-refractivity contribution in [2.24, 2.45) is 0 Å². The first-order chi connectivity index (χ1) is 33.0. The fourth-order valence-corrected chi connectivity index (χ4v) is 7.23. The van der Waals surface area contributed by atoms with Crippen molar-refractivity contribution in [1.29, 1.82) is 0 Å². The fourth-order valence-electron chi connectivity index (χ4n) is 7.23. The molecule has 0 fully saturated rings. The van der Waals surface area contributed by atoms with Gasteiger partial charge in [0.15, 0.2) is 0 Å². The van der Waals surface area contributed by atoms with E-state index in [9.17, 15) is 0 Å². The lowest BCUT2D eigenvalue weighted by atomic mass is 9.78. The molecule has 0 unspecified atom stereocenters. The molecular weight excluding hydrogens is 833 g/mol. The number of rotatable bonds is 7. The van der Waals surface area contributed by atoms with Crippen LogP contribution >= 0.6 is 0 Å². The predicted molar refractivity (Wildman–Crippen MR) is 299 cm³/mol. The van der Waals surface area contributed by atoms with Crippen molar-refractivity contribution in [3.05, 3.63) is 296 Å². The van der Waals surface area contributed by atoms with Gasteiger partial charge in [0.1, 0.15) is 11.5 Å². The van der Waals surface area contributed by atoms with E-state index in [-0.39, 0.29) is 5.41 Å². The Kier molecular flexibility index (Phi) is 20.1. The smallest absolute Gasteiger partial charge is 0.127 e. The van der Waals surface area contributed by atoms with E-state index in [4.69, 9.17) is 4.74 Å². The van der Waals surface area contributed by atoms with E-state index < -0.39 is 0 Å². The third kappa shape index (κ3) is 18.4. The Bertz CT molecular complexity index is 2540. The van der Waals surface area contributed by atoms with Crippen molar-refractivity contribution in [3.63, 3.8) is 0 Å². The normalized spacial score (nSPS) is 10.4. The lowest BCUT2D eigenvalue weighted by Gasteiger charge is -2.26. The lowest BCUT2D eigenvalue weighted by Crippen LogP contribution is -2.18. The van der Waals surface area contributed by atoms with E-state index in [1.165, 1.54) is 89.0 Å². The number of ether oxygens (including phenoxy) is 1. The van der Waals surface area contributed by atoms with Gasteiger partial charge in [0.05, 0.1) is 0 Å². The monoisotopic (exact) mass is 907 g/mol. The molecule has 0 atom stereocenters. The van der Waals surface area contributed by atoms with Crippen molar-refractivity contribution in [3.8, 4) is 22.6 Å². The van der Waals surface area contributed by atoms with Gasteiger partial charge in [-0.3, -0.25) is 0 Å². The van der Waals surface area contributed by atoms with E-state index in [0.29, 0.717) is 0 Å². The minimum Gasteiger partial charge on any atom is -0.457 e. The summed E-state index contributed by atoms with van der Waals surface area (Å²) in [5.74, 6) is 1.76. The quantitative estimate of drug-likeness (QED) is 0.155. The molecule has 9 aromatic carbocycles. The zero-order valence-corrected chi connectivity index (χ0v) is 43.4. The van der Waals surface area contributed by atoms with Crippen molar-refractivity contribution in [2.45, 2.75) is 94.9 Å². The Labute approximate surface area is 416 Å². The molecule has 9 aromatic rings. The molecule has 0 aliphatic rings. The number of benzene rings is 9. The minimum absolute atomic E-state index is 0.0708. The van der Waals surface area contributed by atoms with Gasteiger partial charge in [-0.15, -0.1) is 0 Å². The Morgan fingerprint density at radius 3 is 0.681 bits per heavy atom. The molecule has 0 radical (unpaired) electrons. The van der Waals surface area contributed by atoms with Gasteiger partial charge >= 0.3 is 0 Å². The zero-order chi connectivity index (χ0) is 49.8. The topological polar surface area (TPSA) is 9.23 Å². The molecule has 352 valence electrons. The van der Waals surface area contributed by atoms with E-state index in [1.807, 2.05) is 48.5 Å². The molecule has 0 bridgehead atoms. The Morgan fingerprint density at radius 2 is 0.435 bits per heavy atom. The first kappa shape index (κ1) is 52.7. The summed E-state index contributed by atoms with van der Waals surface area (Å²) in [7, 11) is 0. The summed E-state index contributed by atoms with van der Waals surface area (Å²) in [6, 6.07) is 77.0. The van der Waals surface area contributed by atoms with E-state index in [2.05, 4.69) is 253 Å². The Morgan fingerprint density at radius 1 is 0.246 bits per heavy atom. The van der Waals surface area contributed by atoms with Gasteiger partial charge in [0.2, 0.25) is 0 Å². The highest BCUT2D eigenvalue weighted by atomic mass is 16.5. The first-order valence-electron chi connectivity index (χ1n) is 24.3. The molecule has 0 saturated carbocycles. The molecule has 0 aliphatic carbocycles. The molecule has 0 saturated heterocycles. The van der Waals surface area contributed by atoms with Gasteiger partial charge < -0.3 is 4.74 Å². The summed E-state index contributed by atoms with van der Waals surface area (Å²) in [5.41, 5.74) is 21.2. The molecule has 0 aromatic heterocycles. The maximum atomic E-state index is 5.69. The van der Waals surface area contributed by atoms with E-state index >= 15 is 0 Å². The summed E-state index contributed by atoms with van der Waals surface area (Å²) >= 11 is 0. The molecule has 0 heterocycles. The second-order valence-corrected chi connectivity index (χ2v) is 19.1. The van der Waals surface area contributed by atoms with Gasteiger partial charge in [-0.1, -0.05) is 264 Å². The standard InChI is InChI=1S/C17H20.C15H16.C14H14O.C14H14.C8H10/c1-13-5-9-15(10-6-13)17(3,4)16-11-7-14(2)8-12-16;1-12-3-7-14(8-4-12)11-15-9-5-13(2)6-10-15;1-11-3-7-13(8-4-11)15-14-9-5-12(2)6-10-14;1-11-3-7-13(8-4-11)14-9-5-12(2)6-10-14;1-7-3-5-8(2)6-4-7/h5-12H,1-4H3;3-10H,11H2,1-2H3;3-10H,1-2H3;3-10H,1-2H3;3-6H,1-2H3. The van der Waals surface area contributed by atoms with Crippen molar-refractivity contribution >= 4 is 0 Å². The Balaban J connectivity index is 0.000000163. The summed E-state index contributed by atoms with van der Waals surface area (Å²) < 4.78 is 5.69. The van der Waals surface area contributed by atoms with Gasteiger partial charge in [-0.05, 0) is 133 Å². The lowest BCUT2D eigenvalue weighted by molar-refractivity contribution is 0.482. The molecule has 0 N–H and O–H groups in total. The van der Waals surface area contributed by atoms with Crippen LogP contribution < -0.4 is 4.74 Å². The zero-order valence-electron chi connectivity index (χ0n) is 43.4. The molecule has 0 spiro atoms. The summed E-state index contributed by atoms with van der Waals surface area (Å²) in [6.45, 7) is 25.6. The van der Waals surface area contributed by atoms with Crippen LogP contribution in [0.1, 0.15) is 91.7 Å². The van der Waals surface area contributed by atoms with Crippen LogP contribution in [0.15, 0.2) is 218 Å². The molecular formula is C68H74O. The van der Waals surface area contributed by atoms with Gasteiger partial charge in [0, 0.05) is 5.41 Å². The van der Waals surface area contributed by atoms with Crippen LogP contribution in [0.25, 0.3) is 11.1 Å². The molecule has 1 heteroatoms. The number of hydrogen-bond acceptors (Lipinski definition) is 1. The van der Waals surface area contributed by atoms with Crippen LogP contribution in [-0.2, 0) is 11.8 Å². The second kappa shape index (κ2) is 26.4. The SMILES string of the molecule is Cc1ccc(-c2ccc(C)cc2)cc1.Cc1ccc(C(C)(C)c2ccc(C)cc2)cc1.Cc1ccc(C)cc1.Cc1ccc(Cc2ccc(C)cc2)cc1.Cc1ccc(Oc2ccc(C)cc2)cc1. The van der Waals surface area contributed by atoms with E-state index in [0.717, 1.165) is 17.9 Å². The van der Waals surface area contributed by atoms with Crippen LogP contribution in [0.2, 0.25) is 0 Å². The number of hydrogen-bond donors (Lipinski definition) is 0. The third-order valence-corrected chi connectivity index (χ3v) is 12.1. The largest absolute Gasteiger partial charge is 0.457 e. The van der Waals surface area contributed by atoms with Crippen LogP contribution in [0.4, 0.5) is 0 Å². The van der Waals surface area contributed by atoms with Crippen LogP contribution in [0.3, 0.4) is 0 Å². The molecule has 9 rings (SSSR count). The van der Waals surface area contributed by atoms with Crippen LogP contribution in [0, 0.1) is 69.2 Å². The molecule has 0 aliphatic heterocycles. The molecule has 1 nitrogen and oxygen atoms in total. The molecule has 69 heavy (non-hydrogen) atoms. The highest BCUT2D eigenvalue weighted by Gasteiger charge is 2.22.